The number of halogens is 6. The van der Waals surface area contributed by atoms with Crippen molar-refractivity contribution in [3.63, 3.8) is 0 Å². The number of carboxylic acid groups (broad SMARTS) is 2. The van der Waals surface area contributed by atoms with Gasteiger partial charge in [-0.3, -0.25) is 0 Å². The number of hydrogen-bond acceptors (Lipinski definition) is 2. The van der Waals surface area contributed by atoms with Crippen molar-refractivity contribution in [1.82, 2.24) is 0 Å². The molecule has 0 aliphatic rings. The van der Waals surface area contributed by atoms with Crippen LogP contribution in [0.2, 0.25) is 0 Å². The first-order chi connectivity index (χ1) is 7.42. The molecule has 0 atom stereocenters. The molecule has 0 fully saturated rings. The van der Waals surface area contributed by atoms with Crippen LogP contribution >= 0.6 is 0 Å². The smallest absolute Gasteiger partial charge is 0.450 e. The van der Waals surface area contributed by atoms with E-state index in [2.05, 4.69) is 11.3 Å². The van der Waals surface area contributed by atoms with Gasteiger partial charge in [0.15, 0.2) is 0 Å². The van der Waals surface area contributed by atoms with E-state index in [-0.39, 0.29) is 0 Å². The number of rotatable bonds is 3. The zero-order valence-corrected chi connectivity index (χ0v) is 8.05. The molecule has 4 nitrogen and oxygen atoms in total. The van der Waals surface area contributed by atoms with E-state index in [9.17, 15) is 26.3 Å². The Balaban J connectivity index is 0. The maximum atomic E-state index is 11.7. The summed E-state index contributed by atoms with van der Waals surface area (Å²) in [7, 11) is 0. The van der Waals surface area contributed by atoms with Gasteiger partial charge in [-0.25, -0.2) is 4.79 Å². The number of carbonyl (C=O) groups is 1. The maximum absolute atomic E-state index is 11.7. The van der Waals surface area contributed by atoms with Gasteiger partial charge in [-0.2, -0.15) is 26.3 Å². The first-order valence-corrected chi connectivity index (χ1v) is 3.70. The van der Waals surface area contributed by atoms with Gasteiger partial charge in [0, 0.05) is 0 Å². The molecule has 102 valence electrons. The van der Waals surface area contributed by atoms with Gasteiger partial charge >= 0.3 is 18.5 Å². The quantitative estimate of drug-likeness (QED) is 0.611. The Morgan fingerprint density at radius 2 is 1.47 bits per heavy atom. The Morgan fingerprint density at radius 1 is 1.18 bits per heavy atom. The van der Waals surface area contributed by atoms with Crippen molar-refractivity contribution in [2.75, 3.05) is 6.61 Å². The van der Waals surface area contributed by atoms with Crippen LogP contribution in [0.3, 0.4) is 0 Å². The summed E-state index contributed by atoms with van der Waals surface area (Å²) in [5.74, 6) is 0. The molecule has 0 aromatic heterocycles. The third-order valence-electron chi connectivity index (χ3n) is 0.975. The highest BCUT2D eigenvalue weighted by molar-refractivity contribution is 5.53. The molecule has 0 aliphatic carbocycles. The summed E-state index contributed by atoms with van der Waals surface area (Å²) >= 11 is 0. The molecule has 0 rings (SSSR count). The Bertz CT molecular complexity index is 228. The largest absolute Gasteiger partial charge is 0.503 e. The lowest BCUT2D eigenvalue weighted by molar-refractivity contribution is -0.319. The molecule has 17 heavy (non-hydrogen) atoms. The van der Waals surface area contributed by atoms with E-state index in [1.165, 1.54) is 0 Å². The van der Waals surface area contributed by atoms with Crippen LogP contribution in [0.4, 0.5) is 31.1 Å². The third-order valence-corrected chi connectivity index (χ3v) is 0.975. The molecular weight excluding hydrogens is 262 g/mol. The summed E-state index contributed by atoms with van der Waals surface area (Å²) in [6.07, 6.45) is -15.6. The maximum Gasteiger partial charge on any atom is 0.503 e. The zero-order chi connectivity index (χ0) is 14.3. The molecule has 0 bridgehead atoms. The molecule has 0 aliphatic heterocycles. The normalized spacial score (nSPS) is 11.7. The first-order valence-electron chi connectivity index (χ1n) is 3.70. The van der Waals surface area contributed by atoms with Crippen molar-refractivity contribution >= 4 is 6.16 Å². The molecule has 0 amide bonds. The van der Waals surface area contributed by atoms with Crippen molar-refractivity contribution in [3.8, 4) is 0 Å². The van der Waals surface area contributed by atoms with Gasteiger partial charge in [0.25, 0.3) is 0 Å². The van der Waals surface area contributed by atoms with Gasteiger partial charge in [0.05, 0.1) is 6.61 Å². The van der Waals surface area contributed by atoms with Crippen LogP contribution in [0.15, 0.2) is 12.7 Å². The molecule has 10 heteroatoms. The average Bonchev–Trinajstić information content (AvgIpc) is 1.98. The van der Waals surface area contributed by atoms with E-state index in [0.717, 1.165) is 6.08 Å². The Morgan fingerprint density at radius 3 is 1.65 bits per heavy atom. The predicted molar refractivity (Wildman–Crippen MR) is 42.7 cm³/mol. The van der Waals surface area contributed by atoms with E-state index in [1.54, 1.807) is 0 Å². The fraction of sp³-hybridized carbons (Fsp3) is 0.571. The molecule has 0 spiro atoms. The van der Waals surface area contributed by atoms with Gasteiger partial charge in [0.1, 0.15) is 0 Å². The van der Waals surface area contributed by atoms with Crippen molar-refractivity contribution in [2.45, 2.75) is 18.5 Å². The van der Waals surface area contributed by atoms with Gasteiger partial charge in [-0.1, -0.05) is 6.08 Å². The van der Waals surface area contributed by atoms with Gasteiger partial charge in [-0.05, 0) is 0 Å². The van der Waals surface area contributed by atoms with Crippen LogP contribution in [0.1, 0.15) is 0 Å². The Labute approximate surface area is 91.1 Å². The lowest BCUT2D eigenvalue weighted by atomic mass is 10.3. The number of ether oxygens (including phenoxy) is 1. The lowest BCUT2D eigenvalue weighted by Gasteiger charge is -2.22. The van der Waals surface area contributed by atoms with Crippen molar-refractivity contribution in [3.05, 3.63) is 12.7 Å². The summed E-state index contributed by atoms with van der Waals surface area (Å²) in [4.78, 5) is 8.56. The molecular formula is C7H8F6O4. The highest BCUT2D eigenvalue weighted by Gasteiger charge is 2.57. The summed E-state index contributed by atoms with van der Waals surface area (Å²) in [5.41, 5.74) is 0. The van der Waals surface area contributed by atoms with Crippen LogP contribution in [0, 0.1) is 0 Å². The molecule has 2 N–H and O–H groups in total. The minimum Gasteiger partial charge on any atom is -0.450 e. The number of alkyl halides is 6. The molecule has 0 radical (unpaired) electrons. The van der Waals surface area contributed by atoms with Crippen molar-refractivity contribution < 1.29 is 46.1 Å². The van der Waals surface area contributed by atoms with Gasteiger partial charge in [-0.15, -0.1) is 6.58 Å². The second-order valence-electron chi connectivity index (χ2n) is 2.37. The zero-order valence-electron chi connectivity index (χ0n) is 8.05. The van der Waals surface area contributed by atoms with E-state index in [0.29, 0.717) is 0 Å². The van der Waals surface area contributed by atoms with Crippen LogP contribution in [0.25, 0.3) is 0 Å². The monoisotopic (exact) mass is 270 g/mol. The fourth-order valence-corrected chi connectivity index (χ4v) is 0.539. The highest BCUT2D eigenvalue weighted by Crippen LogP contribution is 2.35. The predicted octanol–water partition coefficient (Wildman–Crippen LogP) is 2.90. The average molecular weight is 270 g/mol. The van der Waals surface area contributed by atoms with Crippen LogP contribution in [-0.4, -0.2) is 41.4 Å². The summed E-state index contributed by atoms with van der Waals surface area (Å²) in [6.45, 7) is 2.14. The minimum absolute atomic E-state index is 0.802. The summed E-state index contributed by atoms with van der Waals surface area (Å²) < 4.78 is 73.5. The van der Waals surface area contributed by atoms with Crippen LogP contribution in [-0.2, 0) is 4.74 Å². The van der Waals surface area contributed by atoms with E-state index in [4.69, 9.17) is 15.0 Å². The first kappa shape index (κ1) is 17.9. The molecule has 0 aromatic rings. The second-order valence-corrected chi connectivity index (χ2v) is 2.37. The summed E-state index contributed by atoms with van der Waals surface area (Å²) in [5, 5.41) is 13.9. The number of hydrogen-bond donors (Lipinski definition) is 2. The molecule has 0 heterocycles. The third kappa shape index (κ3) is 10.8. The van der Waals surface area contributed by atoms with E-state index in [1.807, 2.05) is 0 Å². The summed E-state index contributed by atoms with van der Waals surface area (Å²) in [6, 6.07) is 0. The van der Waals surface area contributed by atoms with Crippen molar-refractivity contribution in [2.24, 2.45) is 0 Å². The Kier molecular flexibility index (Phi) is 7.37. The standard InChI is InChI=1S/C6H6F6O.CH2O3/c1-2-3-13-4(5(7,8)9)6(10,11)12;2-1(3)4/h2,4H,1,3H2;(H2,2,3,4). The second kappa shape index (κ2) is 6.99. The van der Waals surface area contributed by atoms with Crippen LogP contribution in [0.5, 0.6) is 0 Å². The van der Waals surface area contributed by atoms with Gasteiger partial charge < -0.3 is 14.9 Å². The molecule has 0 unspecified atom stereocenters. The SMILES string of the molecule is C=CCOC(C(F)(F)F)C(F)(F)F.O=C(O)O. The fourth-order valence-electron chi connectivity index (χ4n) is 0.539. The molecule has 0 saturated carbocycles. The topological polar surface area (TPSA) is 66.8 Å². The molecule has 0 aromatic carbocycles. The van der Waals surface area contributed by atoms with Crippen LogP contribution < -0.4 is 0 Å². The van der Waals surface area contributed by atoms with E-state index >= 15 is 0 Å². The molecule has 0 saturated heterocycles. The highest BCUT2D eigenvalue weighted by atomic mass is 19.4. The van der Waals surface area contributed by atoms with E-state index < -0.39 is 31.2 Å². The van der Waals surface area contributed by atoms with Crippen molar-refractivity contribution in [1.29, 1.82) is 0 Å². The lowest BCUT2D eigenvalue weighted by Crippen LogP contribution is -2.44. The minimum atomic E-state index is -5.44. The Hall–Kier alpha value is -1.45. The van der Waals surface area contributed by atoms with Gasteiger partial charge in [0.2, 0.25) is 6.10 Å².